The van der Waals surface area contributed by atoms with Crippen molar-refractivity contribution in [3.8, 4) is 11.5 Å². The summed E-state index contributed by atoms with van der Waals surface area (Å²) >= 11 is 0. The van der Waals surface area contributed by atoms with Gasteiger partial charge in [-0.25, -0.2) is 9.59 Å². The molecule has 0 unspecified atom stereocenters. The Hall–Kier alpha value is -3.44. The molecule has 0 aliphatic rings. The largest absolute Gasteiger partial charge is 0.484 e. The number of carbonyl (C=O) groups is 2. The van der Waals surface area contributed by atoms with Crippen LogP contribution in [0.2, 0.25) is 0 Å². The number of carboxylic acid groups (broad SMARTS) is 2. The molecule has 0 saturated carbocycles. The van der Waals surface area contributed by atoms with Crippen LogP contribution in [0.3, 0.4) is 0 Å². The second kappa shape index (κ2) is 10.7. The van der Waals surface area contributed by atoms with Gasteiger partial charge in [-0.15, -0.1) is 0 Å². The summed E-state index contributed by atoms with van der Waals surface area (Å²) in [6.07, 6.45) is -9.31. The van der Waals surface area contributed by atoms with Crippen molar-refractivity contribution in [2.24, 2.45) is 0 Å². The number of rotatable bonds is 6. The molecule has 0 fully saturated rings. The molecule has 32 heavy (non-hydrogen) atoms. The molecule has 0 atom stereocenters. The average molecular weight is 468 g/mol. The third-order valence-electron chi connectivity index (χ3n) is 3.60. The fourth-order valence-corrected chi connectivity index (χ4v) is 2.18. The van der Waals surface area contributed by atoms with Crippen LogP contribution in [0.4, 0.5) is 26.3 Å². The molecule has 0 bridgehead atoms. The molecule has 6 nitrogen and oxygen atoms in total. The van der Waals surface area contributed by atoms with Crippen LogP contribution in [0, 0.1) is 13.8 Å². The van der Waals surface area contributed by atoms with E-state index in [0.717, 1.165) is 23.3 Å². The van der Waals surface area contributed by atoms with Gasteiger partial charge in [0.1, 0.15) is 17.1 Å². The summed E-state index contributed by atoms with van der Waals surface area (Å²) in [5, 5.41) is 17.5. The fourth-order valence-electron chi connectivity index (χ4n) is 2.18. The number of hydrogen-bond acceptors (Lipinski definition) is 4. The first-order valence-electron chi connectivity index (χ1n) is 8.66. The Morgan fingerprint density at radius 3 is 1.78 bits per heavy atom. The van der Waals surface area contributed by atoms with Gasteiger partial charge in [-0.05, 0) is 43.7 Å². The van der Waals surface area contributed by atoms with Gasteiger partial charge >= 0.3 is 24.3 Å². The Morgan fingerprint density at radius 1 is 0.781 bits per heavy atom. The number of halogens is 6. The normalized spacial score (nSPS) is 11.2. The van der Waals surface area contributed by atoms with Gasteiger partial charge in [0.15, 0.2) is 13.2 Å². The molecule has 0 aliphatic heterocycles. The molecule has 0 saturated heterocycles. The van der Waals surface area contributed by atoms with Gasteiger partial charge in [0.25, 0.3) is 0 Å². The lowest BCUT2D eigenvalue weighted by Crippen LogP contribution is -2.21. The van der Waals surface area contributed by atoms with E-state index in [1.807, 2.05) is 19.1 Å². The van der Waals surface area contributed by atoms with E-state index in [9.17, 15) is 35.9 Å². The molecule has 2 aromatic rings. The molecular formula is C20H18F6O6. The highest BCUT2D eigenvalue weighted by Crippen LogP contribution is 2.27. The molecule has 0 spiro atoms. The molecule has 12 heteroatoms. The van der Waals surface area contributed by atoms with Gasteiger partial charge in [0.2, 0.25) is 0 Å². The number of ether oxygens (including phenoxy) is 2. The number of alkyl halides is 6. The van der Waals surface area contributed by atoms with Gasteiger partial charge in [-0.2, -0.15) is 26.3 Å². The van der Waals surface area contributed by atoms with Crippen molar-refractivity contribution in [3.05, 3.63) is 58.7 Å². The Labute approximate surface area is 178 Å². The highest BCUT2D eigenvalue weighted by molar-refractivity contribution is 5.91. The van der Waals surface area contributed by atoms with Crippen LogP contribution in [0.5, 0.6) is 11.5 Å². The van der Waals surface area contributed by atoms with Crippen molar-refractivity contribution < 1.29 is 55.6 Å². The number of benzene rings is 2. The van der Waals surface area contributed by atoms with E-state index in [2.05, 4.69) is 9.47 Å². The molecule has 0 heterocycles. The number of aromatic carboxylic acids is 2. The number of hydrogen-bond donors (Lipinski definition) is 2. The minimum Gasteiger partial charge on any atom is -0.484 e. The zero-order chi connectivity index (χ0) is 24.7. The van der Waals surface area contributed by atoms with E-state index in [4.69, 9.17) is 10.2 Å². The third kappa shape index (κ3) is 9.58. The first kappa shape index (κ1) is 26.6. The first-order valence-corrected chi connectivity index (χ1v) is 8.66. The number of aryl methyl sites for hydroxylation is 2. The van der Waals surface area contributed by atoms with Crippen molar-refractivity contribution in [1.82, 2.24) is 0 Å². The van der Waals surface area contributed by atoms with Crippen LogP contribution in [0.1, 0.15) is 31.8 Å². The minimum atomic E-state index is -4.68. The maximum atomic E-state index is 12.0. The number of carboxylic acids is 2. The van der Waals surface area contributed by atoms with E-state index in [1.165, 1.54) is 0 Å². The zero-order valence-corrected chi connectivity index (χ0v) is 16.7. The van der Waals surface area contributed by atoms with Crippen molar-refractivity contribution >= 4 is 11.9 Å². The van der Waals surface area contributed by atoms with Crippen LogP contribution in [-0.2, 0) is 0 Å². The molecule has 0 aliphatic carbocycles. The van der Waals surface area contributed by atoms with Crippen LogP contribution in [0.15, 0.2) is 36.4 Å². The monoisotopic (exact) mass is 468 g/mol. The zero-order valence-electron chi connectivity index (χ0n) is 16.7. The summed E-state index contributed by atoms with van der Waals surface area (Å²) in [6, 6.07) is 7.72. The summed E-state index contributed by atoms with van der Waals surface area (Å²) < 4.78 is 80.3. The van der Waals surface area contributed by atoms with Crippen LogP contribution in [0.25, 0.3) is 0 Å². The third-order valence-corrected chi connectivity index (χ3v) is 3.60. The van der Waals surface area contributed by atoms with Crippen molar-refractivity contribution in [2.75, 3.05) is 13.2 Å². The Morgan fingerprint density at radius 2 is 1.31 bits per heavy atom. The maximum absolute atomic E-state index is 12.0. The smallest absolute Gasteiger partial charge is 0.422 e. The lowest BCUT2D eigenvalue weighted by molar-refractivity contribution is -0.154. The maximum Gasteiger partial charge on any atom is 0.422 e. The SMILES string of the molecule is Cc1ccc(C)c(C(=O)O)c1.O=C(O)c1cc(OCC(F)(F)F)ccc1OCC(F)(F)F. The standard InChI is InChI=1S/C11H8F6O4.C9H10O2/c12-10(13,14)4-20-6-1-2-8(7(3-6)9(18)19)21-5-11(15,16)17;1-6-3-4-7(2)8(5-6)9(10)11/h1-3H,4-5H2,(H,18,19);3-5H,1-2H3,(H,10,11). The van der Waals surface area contributed by atoms with Crippen LogP contribution >= 0.6 is 0 Å². The highest BCUT2D eigenvalue weighted by Gasteiger charge is 2.30. The van der Waals surface area contributed by atoms with Crippen LogP contribution in [-0.4, -0.2) is 47.7 Å². The lowest BCUT2D eigenvalue weighted by atomic mass is 10.1. The fraction of sp³-hybridized carbons (Fsp3) is 0.300. The van der Waals surface area contributed by atoms with Gasteiger partial charge in [0, 0.05) is 0 Å². The van der Waals surface area contributed by atoms with Gasteiger partial charge < -0.3 is 19.7 Å². The quantitative estimate of drug-likeness (QED) is 0.562. The Bertz CT molecular complexity index is 953. The molecule has 176 valence electrons. The van der Waals surface area contributed by atoms with E-state index in [0.29, 0.717) is 11.6 Å². The highest BCUT2D eigenvalue weighted by atomic mass is 19.4. The lowest BCUT2D eigenvalue weighted by Gasteiger charge is -2.13. The summed E-state index contributed by atoms with van der Waals surface area (Å²) in [7, 11) is 0. The summed E-state index contributed by atoms with van der Waals surface area (Å²) in [5.74, 6) is -3.60. The molecule has 0 amide bonds. The van der Waals surface area contributed by atoms with Crippen molar-refractivity contribution in [3.63, 3.8) is 0 Å². The average Bonchev–Trinajstić information content (AvgIpc) is 2.66. The van der Waals surface area contributed by atoms with Gasteiger partial charge in [0.05, 0.1) is 5.56 Å². The minimum absolute atomic E-state index is 0.394. The second-order valence-electron chi connectivity index (χ2n) is 6.39. The van der Waals surface area contributed by atoms with Crippen molar-refractivity contribution in [2.45, 2.75) is 26.2 Å². The van der Waals surface area contributed by atoms with E-state index in [-0.39, 0.29) is 0 Å². The summed E-state index contributed by atoms with van der Waals surface area (Å²) in [6.45, 7) is 0.291. The molecule has 0 aromatic heterocycles. The summed E-state index contributed by atoms with van der Waals surface area (Å²) in [4.78, 5) is 21.4. The van der Waals surface area contributed by atoms with Crippen LogP contribution < -0.4 is 9.47 Å². The molecular weight excluding hydrogens is 450 g/mol. The van der Waals surface area contributed by atoms with Gasteiger partial charge in [-0.1, -0.05) is 17.7 Å². The van der Waals surface area contributed by atoms with Crippen molar-refractivity contribution in [1.29, 1.82) is 0 Å². The predicted octanol–water partition coefficient (Wildman–Crippen LogP) is 5.27. The molecule has 0 radical (unpaired) electrons. The molecule has 2 aromatic carbocycles. The van der Waals surface area contributed by atoms with Gasteiger partial charge in [-0.3, -0.25) is 0 Å². The first-order chi connectivity index (χ1) is 14.6. The predicted molar refractivity (Wildman–Crippen MR) is 99.4 cm³/mol. The van der Waals surface area contributed by atoms with E-state index < -0.39 is 54.6 Å². The molecule has 2 N–H and O–H groups in total. The van der Waals surface area contributed by atoms with E-state index in [1.54, 1.807) is 13.0 Å². The second-order valence-corrected chi connectivity index (χ2v) is 6.39. The Balaban J connectivity index is 0.000000389. The topological polar surface area (TPSA) is 93.1 Å². The molecule has 2 rings (SSSR count). The summed E-state index contributed by atoms with van der Waals surface area (Å²) in [5.41, 5.74) is 1.44. The Kier molecular flexibility index (Phi) is 8.92. The van der Waals surface area contributed by atoms with E-state index >= 15 is 0 Å².